The van der Waals surface area contributed by atoms with Crippen molar-refractivity contribution < 1.29 is 28.2 Å². The number of esters is 1. The second-order valence-electron chi connectivity index (χ2n) is 3.08. The van der Waals surface area contributed by atoms with Gasteiger partial charge in [-0.2, -0.15) is 4.39 Å². The van der Waals surface area contributed by atoms with Gasteiger partial charge >= 0.3 is 11.9 Å². The Morgan fingerprint density at radius 2 is 1.94 bits per heavy atom. The van der Waals surface area contributed by atoms with Gasteiger partial charge in [0.2, 0.25) is 5.82 Å². The Kier molecular flexibility index (Phi) is 4.17. The summed E-state index contributed by atoms with van der Waals surface area (Å²) in [6.07, 6.45) is 0. The van der Waals surface area contributed by atoms with Crippen molar-refractivity contribution >= 4 is 27.9 Å². The first kappa shape index (κ1) is 13.6. The summed E-state index contributed by atoms with van der Waals surface area (Å²) < 4.78 is 31.0. The van der Waals surface area contributed by atoms with Gasteiger partial charge in [-0.3, -0.25) is 4.79 Å². The van der Waals surface area contributed by atoms with E-state index >= 15 is 0 Å². The second kappa shape index (κ2) is 5.22. The van der Waals surface area contributed by atoms with Crippen LogP contribution in [0.2, 0.25) is 0 Å². The fraction of sp³-hybridized carbons (Fsp3) is 0.200. The highest BCUT2D eigenvalue weighted by atomic mass is 79.9. The van der Waals surface area contributed by atoms with Gasteiger partial charge in [0.15, 0.2) is 11.6 Å². The Labute approximate surface area is 103 Å². The maximum atomic E-state index is 13.3. The van der Waals surface area contributed by atoms with Gasteiger partial charge in [-0.25, -0.2) is 9.18 Å². The number of benzene rings is 1. The average Bonchev–Trinajstić information content (AvgIpc) is 2.24. The zero-order valence-electron chi connectivity index (χ0n) is 8.54. The molecule has 0 radical (unpaired) electrons. The Bertz CT molecular complexity index is 474. The Hall–Kier alpha value is -1.50. The zero-order chi connectivity index (χ0) is 13.2. The van der Waals surface area contributed by atoms with E-state index in [9.17, 15) is 18.4 Å². The minimum Gasteiger partial charge on any atom is -0.478 e. The lowest BCUT2D eigenvalue weighted by Crippen LogP contribution is -2.18. The summed E-state index contributed by atoms with van der Waals surface area (Å²) >= 11 is 2.89. The van der Waals surface area contributed by atoms with E-state index in [1.54, 1.807) is 0 Å². The fourth-order valence-electron chi connectivity index (χ4n) is 0.965. The molecule has 1 rings (SSSR count). The van der Waals surface area contributed by atoms with Gasteiger partial charge < -0.3 is 9.84 Å². The summed E-state index contributed by atoms with van der Waals surface area (Å²) in [6.45, 7) is 1.45. The number of carbonyl (C=O) groups excluding carboxylic acids is 1. The van der Waals surface area contributed by atoms with Crippen molar-refractivity contribution in [1.29, 1.82) is 0 Å². The molecule has 0 aliphatic carbocycles. The highest BCUT2D eigenvalue weighted by Gasteiger charge is 2.21. The molecule has 0 spiro atoms. The van der Waals surface area contributed by atoms with E-state index in [-0.39, 0.29) is 0 Å². The van der Waals surface area contributed by atoms with Crippen LogP contribution < -0.4 is 4.74 Å². The molecule has 1 aromatic carbocycles. The lowest BCUT2D eigenvalue weighted by Gasteiger charge is -2.08. The maximum Gasteiger partial charge on any atom is 0.338 e. The number of halogens is 3. The van der Waals surface area contributed by atoms with Crippen molar-refractivity contribution in [3.63, 3.8) is 0 Å². The van der Waals surface area contributed by atoms with Gasteiger partial charge in [0.1, 0.15) is 4.83 Å². The molecule has 17 heavy (non-hydrogen) atoms. The second-order valence-corrected chi connectivity index (χ2v) is 4.45. The predicted molar refractivity (Wildman–Crippen MR) is 57.3 cm³/mol. The number of aromatic carboxylic acids is 1. The third kappa shape index (κ3) is 3.00. The highest BCUT2D eigenvalue weighted by molar-refractivity contribution is 9.10. The van der Waals surface area contributed by atoms with Crippen LogP contribution in [0, 0.1) is 11.6 Å². The smallest absolute Gasteiger partial charge is 0.338 e. The normalized spacial score (nSPS) is 12.0. The molecule has 0 bridgehead atoms. The van der Waals surface area contributed by atoms with Crippen LogP contribution in [0.15, 0.2) is 12.1 Å². The number of alkyl halides is 1. The van der Waals surface area contributed by atoms with E-state index in [2.05, 4.69) is 20.7 Å². The minimum absolute atomic E-state index is 0.649. The quantitative estimate of drug-likeness (QED) is 0.529. The molecular formula is C10H7BrF2O4. The predicted octanol–water partition coefficient (Wildman–Crippen LogP) is 2.35. The monoisotopic (exact) mass is 308 g/mol. The van der Waals surface area contributed by atoms with Gasteiger partial charge in [0.05, 0.1) is 5.56 Å². The molecule has 4 nitrogen and oxygen atoms in total. The first-order valence-electron chi connectivity index (χ1n) is 4.41. The minimum atomic E-state index is -1.60. The van der Waals surface area contributed by atoms with Crippen LogP contribution in [0.4, 0.5) is 8.78 Å². The molecule has 92 valence electrons. The number of carboxylic acid groups (broad SMARTS) is 1. The summed E-state index contributed by atoms with van der Waals surface area (Å²) in [4.78, 5) is 20.9. The topological polar surface area (TPSA) is 63.6 Å². The van der Waals surface area contributed by atoms with Gasteiger partial charge in [-0.05, 0) is 19.1 Å². The van der Waals surface area contributed by atoms with Crippen LogP contribution in [-0.2, 0) is 4.79 Å². The molecule has 0 fully saturated rings. The largest absolute Gasteiger partial charge is 0.478 e. The number of hydrogen-bond acceptors (Lipinski definition) is 3. The van der Waals surface area contributed by atoms with Crippen LogP contribution in [0.5, 0.6) is 5.75 Å². The highest BCUT2D eigenvalue weighted by Crippen LogP contribution is 2.23. The third-order valence-electron chi connectivity index (χ3n) is 1.81. The van der Waals surface area contributed by atoms with Crippen molar-refractivity contribution in [3.05, 3.63) is 29.3 Å². The molecule has 1 N–H and O–H groups in total. The molecule has 0 aromatic heterocycles. The van der Waals surface area contributed by atoms with E-state index in [1.165, 1.54) is 6.92 Å². The van der Waals surface area contributed by atoms with Crippen LogP contribution >= 0.6 is 15.9 Å². The summed E-state index contributed by atoms with van der Waals surface area (Å²) in [5, 5.41) is 8.53. The van der Waals surface area contributed by atoms with E-state index in [0.717, 1.165) is 12.1 Å². The van der Waals surface area contributed by atoms with E-state index in [0.29, 0.717) is 0 Å². The molecule has 0 saturated heterocycles. The van der Waals surface area contributed by atoms with Crippen molar-refractivity contribution in [1.82, 2.24) is 0 Å². The van der Waals surface area contributed by atoms with Gasteiger partial charge in [-0.15, -0.1) is 0 Å². The molecule has 0 amide bonds. The van der Waals surface area contributed by atoms with Gasteiger partial charge in [0.25, 0.3) is 0 Å². The number of carboxylic acids is 1. The summed E-state index contributed by atoms with van der Waals surface area (Å²) in [7, 11) is 0. The molecule has 7 heteroatoms. The zero-order valence-corrected chi connectivity index (χ0v) is 10.1. The number of carbonyl (C=O) groups is 2. The maximum absolute atomic E-state index is 13.3. The molecule has 0 aliphatic heterocycles. The third-order valence-corrected chi connectivity index (χ3v) is 2.19. The standard InChI is InChI=1S/C10H7BrF2O4/c1-4(11)10(16)17-6-3-2-5(9(14)15)7(12)8(6)13/h2-4H,1H3,(H,14,15). The number of rotatable bonds is 3. The van der Waals surface area contributed by atoms with E-state index < -0.39 is 39.7 Å². The summed E-state index contributed by atoms with van der Waals surface area (Å²) in [5.41, 5.74) is -0.825. The Balaban J connectivity index is 3.09. The lowest BCUT2D eigenvalue weighted by atomic mass is 10.2. The first-order chi connectivity index (χ1) is 7.84. The number of hydrogen-bond donors (Lipinski definition) is 1. The molecule has 1 atom stereocenters. The first-order valence-corrected chi connectivity index (χ1v) is 5.33. The number of ether oxygens (including phenoxy) is 1. The van der Waals surface area contributed by atoms with E-state index in [4.69, 9.17) is 5.11 Å². The summed E-state index contributed by atoms with van der Waals surface area (Å²) in [5.74, 6) is -6.14. The SMILES string of the molecule is CC(Br)C(=O)Oc1ccc(C(=O)O)c(F)c1F. The van der Waals surface area contributed by atoms with Crippen LogP contribution in [0.3, 0.4) is 0 Å². The molecule has 1 aromatic rings. The van der Waals surface area contributed by atoms with Crippen LogP contribution in [0.1, 0.15) is 17.3 Å². The molecule has 0 aliphatic rings. The van der Waals surface area contributed by atoms with Crippen LogP contribution in [0.25, 0.3) is 0 Å². The average molecular weight is 309 g/mol. The van der Waals surface area contributed by atoms with Crippen molar-refractivity contribution in [2.75, 3.05) is 0 Å². The van der Waals surface area contributed by atoms with E-state index in [1.807, 2.05) is 0 Å². The molecule has 0 heterocycles. The summed E-state index contributed by atoms with van der Waals surface area (Å²) in [6, 6.07) is 1.71. The molecular weight excluding hydrogens is 302 g/mol. The molecule has 0 saturated carbocycles. The van der Waals surface area contributed by atoms with Gasteiger partial charge in [-0.1, -0.05) is 15.9 Å². The Morgan fingerprint density at radius 3 is 2.41 bits per heavy atom. The van der Waals surface area contributed by atoms with Gasteiger partial charge in [0, 0.05) is 0 Å². The van der Waals surface area contributed by atoms with Crippen LogP contribution in [-0.4, -0.2) is 21.9 Å². The van der Waals surface area contributed by atoms with Crippen molar-refractivity contribution in [3.8, 4) is 5.75 Å². The molecule has 1 unspecified atom stereocenters. The fourth-order valence-corrected chi connectivity index (χ4v) is 1.06. The Morgan fingerprint density at radius 1 is 1.35 bits per heavy atom. The lowest BCUT2D eigenvalue weighted by molar-refractivity contribution is -0.133. The van der Waals surface area contributed by atoms with Crippen molar-refractivity contribution in [2.24, 2.45) is 0 Å². The van der Waals surface area contributed by atoms with Crippen molar-refractivity contribution in [2.45, 2.75) is 11.8 Å².